The van der Waals surface area contributed by atoms with Crippen LogP contribution >= 0.6 is 38.5 Å². The number of hydrogen-bond acceptors (Lipinski definition) is 1. The topological polar surface area (TPSA) is 23.8 Å². The molecule has 12 heavy (non-hydrogen) atoms. The maximum Gasteiger partial charge on any atom is 0.0994 e. The minimum Gasteiger partial charge on any atom is -0.192 e. The fourth-order valence-corrected chi connectivity index (χ4v) is 2.26. The Morgan fingerprint density at radius 2 is 2.25 bits per heavy atom. The van der Waals surface area contributed by atoms with Gasteiger partial charge in [0.05, 0.1) is 11.6 Å². The maximum atomic E-state index is 8.79. The summed E-state index contributed by atoms with van der Waals surface area (Å²) in [4.78, 5) is 0. The molecule has 0 unspecified atom stereocenters. The molecule has 3 heteroatoms. The lowest BCUT2D eigenvalue weighted by Gasteiger charge is -2.04. The van der Waals surface area contributed by atoms with Gasteiger partial charge in [-0.2, -0.15) is 5.26 Å². The third kappa shape index (κ3) is 1.99. The van der Waals surface area contributed by atoms with E-state index in [9.17, 15) is 0 Å². The summed E-state index contributed by atoms with van der Waals surface area (Å²) in [6.07, 6.45) is 0. The van der Waals surface area contributed by atoms with Gasteiger partial charge in [-0.1, -0.05) is 15.9 Å². The molecule has 0 atom stereocenters. The monoisotopic (exact) mass is 335 g/mol. The van der Waals surface area contributed by atoms with Gasteiger partial charge in [0, 0.05) is 8.90 Å². The van der Waals surface area contributed by atoms with Gasteiger partial charge >= 0.3 is 0 Å². The summed E-state index contributed by atoms with van der Waals surface area (Å²) in [6, 6.07) is 6.18. The van der Waals surface area contributed by atoms with Crippen molar-refractivity contribution in [3.8, 4) is 6.07 Å². The van der Waals surface area contributed by atoms with E-state index >= 15 is 0 Å². The highest BCUT2D eigenvalue weighted by atomic mass is 127. The molecule has 0 saturated heterocycles. The zero-order valence-corrected chi connectivity index (χ0v) is 10.3. The fourth-order valence-electron chi connectivity index (χ4n) is 0.990. The lowest BCUT2D eigenvalue weighted by Crippen LogP contribution is -1.91. The predicted molar refractivity (Wildman–Crippen MR) is 61.2 cm³/mol. The standard InChI is InChI=1S/C9H7BrIN/c1-6-7(4-10)2-9(11)3-8(6)5-12/h2-3H,4H2,1H3. The van der Waals surface area contributed by atoms with Gasteiger partial charge in [-0.05, 0) is 52.8 Å². The van der Waals surface area contributed by atoms with Crippen molar-refractivity contribution in [1.82, 2.24) is 0 Å². The number of nitriles is 1. The van der Waals surface area contributed by atoms with E-state index in [0.29, 0.717) is 0 Å². The molecule has 0 N–H and O–H groups in total. The van der Waals surface area contributed by atoms with E-state index in [0.717, 1.165) is 20.0 Å². The first kappa shape index (κ1) is 10.0. The van der Waals surface area contributed by atoms with Crippen molar-refractivity contribution >= 4 is 38.5 Å². The minimum absolute atomic E-state index is 0.774. The molecule has 0 fully saturated rings. The van der Waals surface area contributed by atoms with Crippen LogP contribution in [0.25, 0.3) is 0 Å². The molecule has 62 valence electrons. The first-order valence-corrected chi connectivity index (χ1v) is 5.64. The Labute approximate surface area is 94.0 Å². The molecular weight excluding hydrogens is 329 g/mol. The summed E-state index contributed by atoms with van der Waals surface area (Å²) in [5, 5.41) is 9.60. The SMILES string of the molecule is Cc1c(C#N)cc(I)cc1CBr. The Kier molecular flexibility index (Phi) is 3.53. The van der Waals surface area contributed by atoms with E-state index < -0.39 is 0 Å². The number of hydrogen-bond donors (Lipinski definition) is 0. The maximum absolute atomic E-state index is 8.79. The molecule has 0 bridgehead atoms. The van der Waals surface area contributed by atoms with Gasteiger partial charge in [0.1, 0.15) is 0 Å². The van der Waals surface area contributed by atoms with Gasteiger partial charge in [-0.25, -0.2) is 0 Å². The lowest BCUT2D eigenvalue weighted by atomic mass is 10.1. The first-order valence-electron chi connectivity index (χ1n) is 3.44. The molecule has 0 amide bonds. The Morgan fingerprint density at radius 1 is 1.58 bits per heavy atom. The van der Waals surface area contributed by atoms with Gasteiger partial charge in [-0.15, -0.1) is 0 Å². The van der Waals surface area contributed by atoms with Crippen LogP contribution in [0.15, 0.2) is 12.1 Å². The average Bonchev–Trinajstić information content (AvgIpc) is 2.08. The molecular formula is C9H7BrIN. The Hall–Kier alpha value is -0.0800. The van der Waals surface area contributed by atoms with E-state index in [2.05, 4.69) is 50.7 Å². The molecule has 0 aliphatic carbocycles. The Morgan fingerprint density at radius 3 is 2.75 bits per heavy atom. The van der Waals surface area contributed by atoms with Crippen LogP contribution in [0, 0.1) is 21.8 Å². The van der Waals surface area contributed by atoms with Crippen LogP contribution in [-0.4, -0.2) is 0 Å². The third-order valence-electron chi connectivity index (χ3n) is 1.74. The van der Waals surface area contributed by atoms with E-state index in [1.165, 1.54) is 5.56 Å². The first-order chi connectivity index (χ1) is 5.69. The van der Waals surface area contributed by atoms with Crippen LogP contribution in [0.4, 0.5) is 0 Å². The third-order valence-corrected chi connectivity index (χ3v) is 2.97. The summed E-state index contributed by atoms with van der Waals surface area (Å²) in [5.74, 6) is 0. The molecule has 0 spiro atoms. The number of halogens is 2. The molecule has 1 rings (SSSR count). The second kappa shape index (κ2) is 4.24. The van der Waals surface area contributed by atoms with Gasteiger partial charge in [-0.3, -0.25) is 0 Å². The fraction of sp³-hybridized carbons (Fsp3) is 0.222. The summed E-state index contributed by atoms with van der Waals surface area (Å²) >= 11 is 5.62. The van der Waals surface area contributed by atoms with Crippen molar-refractivity contribution in [1.29, 1.82) is 5.26 Å². The molecule has 1 aromatic carbocycles. The molecule has 1 aromatic rings. The highest BCUT2D eigenvalue weighted by Gasteiger charge is 2.03. The van der Waals surface area contributed by atoms with Crippen LogP contribution in [0.2, 0.25) is 0 Å². The van der Waals surface area contributed by atoms with Crippen LogP contribution in [-0.2, 0) is 5.33 Å². The van der Waals surface area contributed by atoms with Crippen molar-refractivity contribution in [3.05, 3.63) is 32.4 Å². The van der Waals surface area contributed by atoms with Gasteiger partial charge in [0.2, 0.25) is 0 Å². The molecule has 0 radical (unpaired) electrons. The van der Waals surface area contributed by atoms with Crippen molar-refractivity contribution in [3.63, 3.8) is 0 Å². The summed E-state index contributed by atoms with van der Waals surface area (Å²) < 4.78 is 1.12. The summed E-state index contributed by atoms with van der Waals surface area (Å²) in [5.41, 5.74) is 3.05. The van der Waals surface area contributed by atoms with E-state index in [-0.39, 0.29) is 0 Å². The molecule has 0 heterocycles. The van der Waals surface area contributed by atoms with Crippen molar-refractivity contribution in [2.75, 3.05) is 0 Å². The largest absolute Gasteiger partial charge is 0.192 e. The normalized spacial score (nSPS) is 9.50. The van der Waals surface area contributed by atoms with Gasteiger partial charge < -0.3 is 0 Å². The zero-order chi connectivity index (χ0) is 9.14. The number of benzene rings is 1. The highest BCUT2D eigenvalue weighted by molar-refractivity contribution is 14.1. The van der Waals surface area contributed by atoms with Crippen molar-refractivity contribution in [2.45, 2.75) is 12.3 Å². The second-order valence-corrected chi connectivity index (χ2v) is 4.29. The van der Waals surface area contributed by atoms with Crippen LogP contribution in [0.5, 0.6) is 0 Å². The van der Waals surface area contributed by atoms with Gasteiger partial charge in [0.15, 0.2) is 0 Å². The van der Waals surface area contributed by atoms with Crippen LogP contribution < -0.4 is 0 Å². The van der Waals surface area contributed by atoms with E-state index in [1.807, 2.05) is 13.0 Å². The number of nitrogens with zero attached hydrogens (tertiary/aromatic N) is 1. The molecule has 0 aliphatic heterocycles. The summed E-state index contributed by atoms with van der Waals surface area (Å²) in [7, 11) is 0. The molecule has 0 saturated carbocycles. The minimum atomic E-state index is 0.774. The van der Waals surface area contributed by atoms with Crippen LogP contribution in [0.1, 0.15) is 16.7 Å². The van der Waals surface area contributed by atoms with E-state index in [4.69, 9.17) is 5.26 Å². The number of rotatable bonds is 1. The molecule has 0 aromatic heterocycles. The van der Waals surface area contributed by atoms with Crippen molar-refractivity contribution in [2.24, 2.45) is 0 Å². The second-order valence-electron chi connectivity index (χ2n) is 2.48. The van der Waals surface area contributed by atoms with E-state index in [1.54, 1.807) is 0 Å². The quantitative estimate of drug-likeness (QED) is 0.570. The zero-order valence-electron chi connectivity index (χ0n) is 6.56. The summed E-state index contributed by atoms with van der Waals surface area (Å²) in [6.45, 7) is 1.98. The lowest BCUT2D eigenvalue weighted by molar-refractivity contribution is 1.28. The predicted octanol–water partition coefficient (Wildman–Crippen LogP) is 3.37. The van der Waals surface area contributed by atoms with Gasteiger partial charge in [0.25, 0.3) is 0 Å². The highest BCUT2D eigenvalue weighted by Crippen LogP contribution is 2.19. The van der Waals surface area contributed by atoms with Crippen LogP contribution in [0.3, 0.4) is 0 Å². The Bertz CT molecular complexity index is 341. The number of alkyl halides is 1. The molecule has 1 nitrogen and oxygen atoms in total. The Balaban J connectivity index is 3.34. The average molecular weight is 336 g/mol. The van der Waals surface area contributed by atoms with Crippen molar-refractivity contribution < 1.29 is 0 Å². The molecule has 0 aliphatic rings. The smallest absolute Gasteiger partial charge is 0.0994 e.